The Hall–Kier alpha value is -2.42. The number of nitrogens with zero attached hydrogens (tertiary/aromatic N) is 1. The third-order valence-corrected chi connectivity index (χ3v) is 7.10. The maximum atomic E-state index is 12.6. The van der Waals surface area contributed by atoms with Gasteiger partial charge in [0, 0.05) is 36.8 Å². The summed E-state index contributed by atoms with van der Waals surface area (Å²) in [6, 6.07) is 14.3. The average molecular weight is 460 g/mol. The number of hydrogen-bond donors (Lipinski definition) is 2. The van der Waals surface area contributed by atoms with Crippen LogP contribution in [0.4, 0.5) is 0 Å². The zero-order valence-electron chi connectivity index (χ0n) is 19.2. The van der Waals surface area contributed by atoms with E-state index in [2.05, 4.69) is 27.1 Å². The first kappa shape index (κ1) is 24.2. The highest BCUT2D eigenvalue weighted by molar-refractivity contribution is 7.89. The van der Waals surface area contributed by atoms with E-state index in [1.54, 1.807) is 40.0 Å². The number of carbonyl (C=O) groups is 1. The lowest BCUT2D eigenvalue weighted by molar-refractivity contribution is 0.0908. The quantitative estimate of drug-likeness (QED) is 0.664. The van der Waals surface area contributed by atoms with E-state index in [1.165, 1.54) is 17.7 Å². The van der Waals surface area contributed by atoms with Gasteiger partial charge in [-0.15, -0.1) is 0 Å². The number of piperidine rings is 1. The van der Waals surface area contributed by atoms with Crippen LogP contribution in [0.15, 0.2) is 53.4 Å². The zero-order chi connectivity index (χ0) is 23.4. The largest absolute Gasteiger partial charge is 0.497 e. The third-order valence-electron chi connectivity index (χ3n) is 5.33. The Bertz CT molecular complexity index is 1020. The van der Waals surface area contributed by atoms with Crippen molar-refractivity contribution in [3.05, 3.63) is 59.7 Å². The van der Waals surface area contributed by atoms with Gasteiger partial charge >= 0.3 is 0 Å². The standard InChI is InChI=1S/C24H33N3O4S/c1-24(2,3)26-32(29,30)22-10-8-19(9-11-22)23(28)25-20-12-14-27(15-13-20)17-18-6-5-7-21(16-18)31-4/h5-11,16,20,26H,12-15,17H2,1-4H3,(H,25,28). The molecule has 1 amide bonds. The Kier molecular flexibility index (Phi) is 7.59. The molecule has 1 heterocycles. The number of ether oxygens (including phenoxy) is 1. The molecule has 2 aromatic carbocycles. The van der Waals surface area contributed by atoms with E-state index >= 15 is 0 Å². The number of amides is 1. The van der Waals surface area contributed by atoms with Gasteiger partial charge in [-0.3, -0.25) is 9.69 Å². The van der Waals surface area contributed by atoms with Gasteiger partial charge in [-0.2, -0.15) is 0 Å². The van der Waals surface area contributed by atoms with E-state index < -0.39 is 15.6 Å². The number of likely N-dealkylation sites (tertiary alicyclic amines) is 1. The van der Waals surface area contributed by atoms with E-state index in [1.807, 2.05) is 12.1 Å². The summed E-state index contributed by atoms with van der Waals surface area (Å²) >= 11 is 0. The molecule has 174 valence electrons. The first-order valence-electron chi connectivity index (χ1n) is 10.9. The monoisotopic (exact) mass is 459 g/mol. The van der Waals surface area contributed by atoms with Crippen molar-refractivity contribution in [2.75, 3.05) is 20.2 Å². The minimum Gasteiger partial charge on any atom is -0.497 e. The van der Waals surface area contributed by atoms with E-state index in [0.717, 1.165) is 38.2 Å². The molecule has 32 heavy (non-hydrogen) atoms. The molecule has 2 aromatic rings. The fourth-order valence-corrected chi connectivity index (χ4v) is 5.20. The van der Waals surface area contributed by atoms with Crippen molar-refractivity contribution in [3.8, 4) is 5.75 Å². The molecule has 0 atom stereocenters. The predicted molar refractivity (Wildman–Crippen MR) is 125 cm³/mol. The lowest BCUT2D eigenvalue weighted by Gasteiger charge is -2.32. The summed E-state index contributed by atoms with van der Waals surface area (Å²) in [7, 11) is -1.95. The molecule has 0 saturated carbocycles. The Morgan fingerprint density at radius 2 is 1.75 bits per heavy atom. The second-order valence-corrected chi connectivity index (χ2v) is 10.9. The zero-order valence-corrected chi connectivity index (χ0v) is 20.0. The molecular weight excluding hydrogens is 426 g/mol. The Balaban J connectivity index is 1.51. The van der Waals surface area contributed by atoms with Gasteiger partial charge in [0.2, 0.25) is 10.0 Å². The number of sulfonamides is 1. The van der Waals surface area contributed by atoms with E-state index in [0.29, 0.717) is 5.56 Å². The van der Waals surface area contributed by atoms with E-state index in [4.69, 9.17) is 4.74 Å². The third kappa shape index (κ3) is 6.79. The Labute approximate surface area is 191 Å². The second-order valence-electron chi connectivity index (χ2n) is 9.26. The lowest BCUT2D eigenvalue weighted by Crippen LogP contribution is -2.44. The molecular formula is C24H33N3O4S. The van der Waals surface area contributed by atoms with Gasteiger partial charge in [0.05, 0.1) is 12.0 Å². The lowest BCUT2D eigenvalue weighted by atomic mass is 10.0. The van der Waals surface area contributed by atoms with Crippen LogP contribution >= 0.6 is 0 Å². The van der Waals surface area contributed by atoms with Gasteiger partial charge in [-0.25, -0.2) is 13.1 Å². The molecule has 0 radical (unpaired) electrons. The highest BCUT2D eigenvalue weighted by atomic mass is 32.2. The van der Waals surface area contributed by atoms with Gasteiger partial charge in [0.25, 0.3) is 5.91 Å². The summed E-state index contributed by atoms with van der Waals surface area (Å²) in [4.78, 5) is 15.2. The molecule has 0 aromatic heterocycles. The van der Waals surface area contributed by atoms with Gasteiger partial charge in [0.1, 0.15) is 5.75 Å². The molecule has 0 aliphatic carbocycles. The molecule has 1 saturated heterocycles. The minimum atomic E-state index is -3.62. The van der Waals surface area contributed by atoms with Crippen molar-refractivity contribution < 1.29 is 17.9 Å². The maximum absolute atomic E-state index is 12.6. The number of carbonyl (C=O) groups excluding carboxylic acids is 1. The summed E-state index contributed by atoms with van der Waals surface area (Å²) in [6.45, 7) is 8.02. The van der Waals surface area contributed by atoms with Gasteiger partial charge in [-0.05, 0) is 75.6 Å². The van der Waals surface area contributed by atoms with Gasteiger partial charge < -0.3 is 10.1 Å². The average Bonchev–Trinajstić information content (AvgIpc) is 2.74. The molecule has 8 heteroatoms. The molecule has 1 fully saturated rings. The second kappa shape index (κ2) is 10.0. The van der Waals surface area contributed by atoms with E-state index in [-0.39, 0.29) is 16.8 Å². The molecule has 1 aliphatic rings. The first-order chi connectivity index (χ1) is 15.1. The maximum Gasteiger partial charge on any atom is 0.251 e. The first-order valence-corrected chi connectivity index (χ1v) is 12.3. The number of benzene rings is 2. The van der Waals surface area contributed by atoms with Crippen molar-refractivity contribution >= 4 is 15.9 Å². The summed E-state index contributed by atoms with van der Waals surface area (Å²) in [5.41, 5.74) is 1.09. The van der Waals surface area contributed by atoms with Crippen LogP contribution in [0, 0.1) is 0 Å². The van der Waals surface area contributed by atoms with Crippen molar-refractivity contribution in [1.29, 1.82) is 0 Å². The van der Waals surface area contributed by atoms with Crippen LogP contribution in [-0.2, 0) is 16.6 Å². The topological polar surface area (TPSA) is 87.7 Å². The summed E-state index contributed by atoms with van der Waals surface area (Å²) in [6.07, 6.45) is 1.75. The van der Waals surface area contributed by atoms with Crippen molar-refractivity contribution in [1.82, 2.24) is 14.9 Å². The van der Waals surface area contributed by atoms with Crippen LogP contribution in [-0.4, -0.2) is 51.0 Å². The number of methoxy groups -OCH3 is 1. The minimum absolute atomic E-state index is 0.107. The van der Waals surface area contributed by atoms with Crippen LogP contribution in [0.2, 0.25) is 0 Å². The van der Waals surface area contributed by atoms with Gasteiger partial charge in [0.15, 0.2) is 0 Å². The summed E-state index contributed by atoms with van der Waals surface area (Å²) in [5.74, 6) is 0.682. The summed E-state index contributed by atoms with van der Waals surface area (Å²) < 4.78 is 32.7. The van der Waals surface area contributed by atoms with Gasteiger partial charge in [-0.1, -0.05) is 12.1 Å². The molecule has 7 nitrogen and oxygen atoms in total. The molecule has 2 N–H and O–H groups in total. The SMILES string of the molecule is COc1cccc(CN2CCC(NC(=O)c3ccc(S(=O)(=O)NC(C)(C)C)cc3)CC2)c1. The fraction of sp³-hybridized carbons (Fsp3) is 0.458. The Morgan fingerprint density at radius 1 is 1.09 bits per heavy atom. The fourth-order valence-electron chi connectivity index (χ4n) is 3.78. The molecule has 0 bridgehead atoms. The molecule has 1 aliphatic heterocycles. The highest BCUT2D eigenvalue weighted by Gasteiger charge is 2.24. The van der Waals surface area contributed by atoms with Crippen molar-refractivity contribution in [2.45, 2.75) is 56.6 Å². The Morgan fingerprint density at radius 3 is 2.34 bits per heavy atom. The van der Waals surface area contributed by atoms with Crippen molar-refractivity contribution in [2.24, 2.45) is 0 Å². The van der Waals surface area contributed by atoms with Crippen molar-refractivity contribution in [3.63, 3.8) is 0 Å². The molecule has 3 rings (SSSR count). The van der Waals surface area contributed by atoms with Crippen LogP contribution in [0.5, 0.6) is 5.75 Å². The van der Waals surface area contributed by atoms with E-state index in [9.17, 15) is 13.2 Å². The molecule has 0 unspecified atom stereocenters. The molecule has 0 spiro atoms. The normalized spacial score (nSPS) is 16.0. The van der Waals surface area contributed by atoms with Crippen LogP contribution in [0.3, 0.4) is 0 Å². The summed E-state index contributed by atoms with van der Waals surface area (Å²) in [5, 5.41) is 3.08. The van der Waals surface area contributed by atoms with Crippen LogP contribution in [0.25, 0.3) is 0 Å². The van der Waals surface area contributed by atoms with Crippen LogP contribution in [0.1, 0.15) is 49.5 Å². The van der Waals surface area contributed by atoms with Crippen LogP contribution < -0.4 is 14.8 Å². The number of hydrogen-bond acceptors (Lipinski definition) is 5. The number of rotatable bonds is 7. The highest BCUT2D eigenvalue weighted by Crippen LogP contribution is 2.18. The predicted octanol–water partition coefficient (Wildman–Crippen LogP) is 3.17. The smallest absolute Gasteiger partial charge is 0.251 e. The number of nitrogens with one attached hydrogen (secondary N) is 2.